The van der Waals surface area contributed by atoms with Crippen molar-refractivity contribution < 1.29 is 4.79 Å². The molecule has 18 heavy (non-hydrogen) atoms. The van der Waals surface area contributed by atoms with E-state index in [1.165, 1.54) is 5.56 Å². The van der Waals surface area contributed by atoms with Gasteiger partial charge in [-0.15, -0.1) is 0 Å². The van der Waals surface area contributed by atoms with Gasteiger partial charge in [0.25, 0.3) is 0 Å². The van der Waals surface area contributed by atoms with Gasteiger partial charge in [0.2, 0.25) is 5.91 Å². The van der Waals surface area contributed by atoms with Crippen LogP contribution in [0.2, 0.25) is 0 Å². The summed E-state index contributed by atoms with van der Waals surface area (Å²) in [5.74, 6) is 0.794. The second kappa shape index (κ2) is 5.53. The van der Waals surface area contributed by atoms with E-state index in [1.54, 1.807) is 0 Å². The highest BCUT2D eigenvalue weighted by Crippen LogP contribution is 2.23. The average molecular weight is 246 g/mol. The van der Waals surface area contributed by atoms with Crippen molar-refractivity contribution in [2.24, 2.45) is 11.8 Å². The molecule has 1 saturated heterocycles. The summed E-state index contributed by atoms with van der Waals surface area (Å²) in [7, 11) is 0. The van der Waals surface area contributed by atoms with Gasteiger partial charge in [0.15, 0.2) is 0 Å². The van der Waals surface area contributed by atoms with Crippen LogP contribution in [0.5, 0.6) is 0 Å². The lowest BCUT2D eigenvalue weighted by molar-refractivity contribution is -0.122. The summed E-state index contributed by atoms with van der Waals surface area (Å²) in [5.41, 5.74) is 2.21. The number of hydrogen-bond donors (Lipinski definition) is 1. The first kappa shape index (κ1) is 13.1. The smallest absolute Gasteiger partial charge is 0.231 e. The van der Waals surface area contributed by atoms with Crippen LogP contribution in [-0.4, -0.2) is 25.5 Å². The van der Waals surface area contributed by atoms with Gasteiger partial charge in [-0.1, -0.05) is 19.1 Å². The van der Waals surface area contributed by atoms with Crippen molar-refractivity contribution >= 4 is 11.6 Å². The van der Waals surface area contributed by atoms with Crippen molar-refractivity contribution in [3.63, 3.8) is 0 Å². The molecular formula is C15H22N2O. The van der Waals surface area contributed by atoms with Crippen molar-refractivity contribution in [1.82, 2.24) is 5.32 Å². The SMILES string of the molecule is CCN(C(=O)C1CNCC1C)c1cccc(C)c1. The molecule has 2 rings (SSSR count). The maximum atomic E-state index is 12.6. The fourth-order valence-corrected chi connectivity index (χ4v) is 2.60. The molecule has 0 aliphatic carbocycles. The quantitative estimate of drug-likeness (QED) is 0.887. The normalized spacial score (nSPS) is 23.1. The van der Waals surface area contributed by atoms with Gasteiger partial charge in [-0.3, -0.25) is 4.79 Å². The van der Waals surface area contributed by atoms with E-state index in [4.69, 9.17) is 0 Å². The molecule has 2 atom stereocenters. The van der Waals surface area contributed by atoms with Crippen molar-refractivity contribution in [1.29, 1.82) is 0 Å². The third-order valence-electron chi connectivity index (χ3n) is 3.73. The summed E-state index contributed by atoms with van der Waals surface area (Å²) >= 11 is 0. The molecule has 0 radical (unpaired) electrons. The summed E-state index contributed by atoms with van der Waals surface area (Å²) in [6, 6.07) is 8.16. The first-order valence-electron chi connectivity index (χ1n) is 6.72. The van der Waals surface area contributed by atoms with Gasteiger partial charge in [0.1, 0.15) is 0 Å². The van der Waals surface area contributed by atoms with E-state index in [0.717, 1.165) is 25.3 Å². The highest BCUT2D eigenvalue weighted by atomic mass is 16.2. The van der Waals surface area contributed by atoms with Crippen molar-refractivity contribution in [3.05, 3.63) is 29.8 Å². The molecule has 1 heterocycles. The fraction of sp³-hybridized carbons (Fsp3) is 0.533. The summed E-state index contributed by atoms with van der Waals surface area (Å²) < 4.78 is 0. The first-order valence-corrected chi connectivity index (χ1v) is 6.72. The Morgan fingerprint density at radius 2 is 2.22 bits per heavy atom. The van der Waals surface area contributed by atoms with Gasteiger partial charge in [-0.2, -0.15) is 0 Å². The van der Waals surface area contributed by atoms with Gasteiger partial charge >= 0.3 is 0 Å². The zero-order valence-electron chi connectivity index (χ0n) is 11.4. The van der Waals surface area contributed by atoms with Gasteiger partial charge in [0.05, 0.1) is 5.92 Å². The Bertz CT molecular complexity index is 430. The van der Waals surface area contributed by atoms with E-state index in [2.05, 4.69) is 31.3 Å². The molecule has 0 bridgehead atoms. The molecule has 1 aliphatic rings. The number of rotatable bonds is 3. The van der Waals surface area contributed by atoms with E-state index in [1.807, 2.05) is 24.0 Å². The van der Waals surface area contributed by atoms with Gasteiger partial charge in [0, 0.05) is 18.8 Å². The number of anilines is 1. The van der Waals surface area contributed by atoms with Crippen molar-refractivity contribution in [2.45, 2.75) is 20.8 Å². The number of carbonyl (C=O) groups is 1. The summed E-state index contributed by atoms with van der Waals surface area (Å²) in [4.78, 5) is 14.5. The molecule has 3 heteroatoms. The second-order valence-corrected chi connectivity index (χ2v) is 5.16. The van der Waals surface area contributed by atoms with Crippen LogP contribution in [-0.2, 0) is 4.79 Å². The first-order chi connectivity index (χ1) is 8.63. The lowest BCUT2D eigenvalue weighted by atomic mass is 9.96. The molecule has 0 spiro atoms. The minimum atomic E-state index is 0.116. The monoisotopic (exact) mass is 246 g/mol. The molecule has 1 N–H and O–H groups in total. The maximum Gasteiger partial charge on any atom is 0.231 e. The van der Waals surface area contributed by atoms with Crippen molar-refractivity contribution in [2.75, 3.05) is 24.5 Å². The number of hydrogen-bond acceptors (Lipinski definition) is 2. The highest BCUT2D eigenvalue weighted by molar-refractivity contribution is 5.95. The molecule has 1 fully saturated rings. The number of benzene rings is 1. The molecule has 3 nitrogen and oxygen atoms in total. The fourth-order valence-electron chi connectivity index (χ4n) is 2.60. The third kappa shape index (κ3) is 2.56. The molecule has 0 aromatic heterocycles. The van der Waals surface area contributed by atoms with Gasteiger partial charge in [-0.05, 0) is 44.0 Å². The minimum Gasteiger partial charge on any atom is -0.316 e. The van der Waals surface area contributed by atoms with E-state index >= 15 is 0 Å². The Morgan fingerprint density at radius 1 is 1.44 bits per heavy atom. The zero-order valence-corrected chi connectivity index (χ0v) is 11.4. The molecule has 1 aromatic carbocycles. The van der Waals surface area contributed by atoms with E-state index < -0.39 is 0 Å². The van der Waals surface area contributed by atoms with Gasteiger partial charge < -0.3 is 10.2 Å². The largest absolute Gasteiger partial charge is 0.316 e. The summed E-state index contributed by atoms with van der Waals surface area (Å²) in [6.07, 6.45) is 0. The zero-order chi connectivity index (χ0) is 13.1. The molecule has 1 aromatic rings. The van der Waals surface area contributed by atoms with Crippen LogP contribution in [0.25, 0.3) is 0 Å². The standard InChI is InChI=1S/C15H22N2O/c1-4-17(13-7-5-6-11(2)8-13)15(18)14-10-16-9-12(14)3/h5-8,12,14,16H,4,9-10H2,1-3H3. The molecule has 1 aliphatic heterocycles. The third-order valence-corrected chi connectivity index (χ3v) is 3.73. The molecule has 0 saturated carbocycles. The number of nitrogens with one attached hydrogen (secondary N) is 1. The predicted molar refractivity (Wildman–Crippen MR) is 74.7 cm³/mol. The Hall–Kier alpha value is -1.35. The molecular weight excluding hydrogens is 224 g/mol. The van der Waals surface area contributed by atoms with Crippen LogP contribution in [0.15, 0.2) is 24.3 Å². The van der Waals surface area contributed by atoms with Crippen LogP contribution in [0.1, 0.15) is 19.4 Å². The topological polar surface area (TPSA) is 32.3 Å². The number of amides is 1. The molecule has 1 amide bonds. The Balaban J connectivity index is 2.20. The van der Waals surface area contributed by atoms with Crippen LogP contribution < -0.4 is 10.2 Å². The Kier molecular flexibility index (Phi) is 4.02. The van der Waals surface area contributed by atoms with Crippen molar-refractivity contribution in [3.8, 4) is 0 Å². The van der Waals surface area contributed by atoms with E-state index in [9.17, 15) is 4.79 Å². The average Bonchev–Trinajstić information content (AvgIpc) is 2.76. The predicted octanol–water partition coefficient (Wildman–Crippen LogP) is 2.20. The maximum absolute atomic E-state index is 12.6. The lowest BCUT2D eigenvalue weighted by Gasteiger charge is -2.26. The number of nitrogens with zero attached hydrogens (tertiary/aromatic N) is 1. The van der Waals surface area contributed by atoms with Gasteiger partial charge in [-0.25, -0.2) is 0 Å². The van der Waals surface area contributed by atoms with Crippen LogP contribution in [0.3, 0.4) is 0 Å². The molecule has 98 valence electrons. The van der Waals surface area contributed by atoms with Crippen LogP contribution in [0, 0.1) is 18.8 Å². The summed E-state index contributed by atoms with van der Waals surface area (Å²) in [6.45, 7) is 8.72. The summed E-state index contributed by atoms with van der Waals surface area (Å²) in [5, 5.41) is 3.30. The Labute approximate surface area is 109 Å². The van der Waals surface area contributed by atoms with Crippen LogP contribution in [0.4, 0.5) is 5.69 Å². The molecule has 2 unspecified atom stereocenters. The van der Waals surface area contributed by atoms with E-state index in [-0.39, 0.29) is 11.8 Å². The van der Waals surface area contributed by atoms with E-state index in [0.29, 0.717) is 5.92 Å². The number of aryl methyl sites for hydroxylation is 1. The minimum absolute atomic E-state index is 0.116. The number of carbonyl (C=O) groups excluding carboxylic acids is 1. The highest BCUT2D eigenvalue weighted by Gasteiger charge is 2.32. The lowest BCUT2D eigenvalue weighted by Crippen LogP contribution is -2.38. The second-order valence-electron chi connectivity index (χ2n) is 5.16. The van der Waals surface area contributed by atoms with Crippen LogP contribution >= 0.6 is 0 Å². The Morgan fingerprint density at radius 3 is 2.78 bits per heavy atom.